The molecule has 4 N–H and O–H groups in total. The molecule has 1 heterocycles. The van der Waals surface area contributed by atoms with E-state index in [1.807, 2.05) is 36.4 Å². The number of nitrogens with two attached hydrogens (primary N) is 1. The molecule has 170 valence electrons. The van der Waals surface area contributed by atoms with Crippen molar-refractivity contribution in [2.75, 3.05) is 6.54 Å². The van der Waals surface area contributed by atoms with E-state index in [1.54, 1.807) is 18.3 Å². The third-order valence-electron chi connectivity index (χ3n) is 5.43. The van der Waals surface area contributed by atoms with Crippen molar-refractivity contribution < 1.29 is 9.59 Å². The summed E-state index contributed by atoms with van der Waals surface area (Å²) in [5.41, 5.74) is 9.20. The van der Waals surface area contributed by atoms with Crippen LogP contribution in [-0.2, 0) is 22.4 Å². The quantitative estimate of drug-likeness (QED) is 0.438. The predicted octanol–water partition coefficient (Wildman–Crippen LogP) is 3.54. The van der Waals surface area contributed by atoms with Gasteiger partial charge in [0.1, 0.15) is 6.04 Å². The van der Waals surface area contributed by atoms with Gasteiger partial charge in [0.25, 0.3) is 0 Å². The number of rotatable bonds is 10. The van der Waals surface area contributed by atoms with Crippen LogP contribution in [0, 0.1) is 0 Å². The molecule has 2 unspecified atom stereocenters. The van der Waals surface area contributed by atoms with E-state index in [2.05, 4.69) is 36.6 Å². The highest BCUT2D eigenvalue weighted by atomic mass is 32.1. The lowest BCUT2D eigenvalue weighted by Crippen LogP contribution is -2.52. The number of nitrogens with one attached hydrogen (secondary N) is 2. The summed E-state index contributed by atoms with van der Waals surface area (Å²) in [5, 5.41) is 6.70. The summed E-state index contributed by atoms with van der Waals surface area (Å²) in [6, 6.07) is 15.3. The molecule has 0 aliphatic carbocycles. The second kappa shape index (κ2) is 11.2. The van der Waals surface area contributed by atoms with Gasteiger partial charge in [0.15, 0.2) is 0 Å². The van der Waals surface area contributed by atoms with Crippen molar-refractivity contribution in [1.82, 2.24) is 15.6 Å². The molecule has 1 aromatic heterocycles. The molecule has 32 heavy (non-hydrogen) atoms. The van der Waals surface area contributed by atoms with Gasteiger partial charge in [-0.15, -0.1) is 11.3 Å². The summed E-state index contributed by atoms with van der Waals surface area (Å²) < 4.78 is 1.09. The van der Waals surface area contributed by atoms with E-state index in [4.69, 9.17) is 10.7 Å². The van der Waals surface area contributed by atoms with E-state index < -0.39 is 6.04 Å². The number of hydrogen-bond acceptors (Lipinski definition) is 5. The van der Waals surface area contributed by atoms with E-state index in [9.17, 15) is 9.59 Å². The first-order valence-electron chi connectivity index (χ1n) is 11.1. The fourth-order valence-electron chi connectivity index (χ4n) is 3.51. The molecule has 0 spiro atoms. The number of amides is 2. The standard InChI is InChI=1S/C25H32N4O2S/c1-4-23(30)28-21(25(31)27-19(15-26)12-17-8-6-5-7-9-17)14-24-29-20-11-10-18(16(2)3)13-22(20)32-24/h5-11,13,16,19,21H,4,12,14-15,26H2,1-3H3,(H,27,31)(H,28,30). The van der Waals surface area contributed by atoms with E-state index in [0.717, 1.165) is 20.8 Å². The van der Waals surface area contributed by atoms with Gasteiger partial charge in [0.05, 0.1) is 15.2 Å². The van der Waals surface area contributed by atoms with Gasteiger partial charge in [-0.3, -0.25) is 9.59 Å². The van der Waals surface area contributed by atoms with E-state index in [0.29, 0.717) is 31.7 Å². The first-order valence-corrected chi connectivity index (χ1v) is 11.9. The smallest absolute Gasteiger partial charge is 0.243 e. The lowest BCUT2D eigenvalue weighted by atomic mass is 10.0. The van der Waals surface area contributed by atoms with Crippen LogP contribution in [0.1, 0.15) is 49.2 Å². The molecule has 0 aliphatic rings. The molecule has 3 aromatic rings. The summed E-state index contributed by atoms with van der Waals surface area (Å²) in [7, 11) is 0. The third kappa shape index (κ3) is 6.37. The van der Waals surface area contributed by atoms with Crippen LogP contribution >= 0.6 is 11.3 Å². The van der Waals surface area contributed by atoms with Crippen molar-refractivity contribution in [3.8, 4) is 0 Å². The van der Waals surface area contributed by atoms with Crippen molar-refractivity contribution >= 4 is 33.4 Å². The molecule has 0 saturated heterocycles. The van der Waals surface area contributed by atoms with Crippen molar-refractivity contribution in [3.63, 3.8) is 0 Å². The Hall–Kier alpha value is -2.77. The average Bonchev–Trinajstić information content (AvgIpc) is 3.20. The lowest BCUT2D eigenvalue weighted by molar-refractivity contribution is -0.129. The number of hydrogen-bond donors (Lipinski definition) is 3. The first-order chi connectivity index (χ1) is 15.4. The minimum Gasteiger partial charge on any atom is -0.350 e. The van der Waals surface area contributed by atoms with Crippen LogP contribution in [-0.4, -0.2) is 35.4 Å². The van der Waals surface area contributed by atoms with E-state index in [-0.39, 0.29) is 17.9 Å². The number of thiazole rings is 1. The number of aromatic nitrogens is 1. The molecule has 2 atom stereocenters. The van der Waals surface area contributed by atoms with Crippen LogP contribution in [0.5, 0.6) is 0 Å². The van der Waals surface area contributed by atoms with E-state index >= 15 is 0 Å². The van der Waals surface area contributed by atoms with Gasteiger partial charge >= 0.3 is 0 Å². The predicted molar refractivity (Wildman–Crippen MR) is 131 cm³/mol. The molecule has 0 fully saturated rings. The Balaban J connectivity index is 1.75. The zero-order valence-electron chi connectivity index (χ0n) is 18.9. The molecule has 7 heteroatoms. The fourth-order valence-corrected chi connectivity index (χ4v) is 4.57. The first kappa shape index (κ1) is 23.9. The summed E-state index contributed by atoms with van der Waals surface area (Å²) >= 11 is 1.57. The van der Waals surface area contributed by atoms with Crippen LogP contribution in [0.2, 0.25) is 0 Å². The highest BCUT2D eigenvalue weighted by Gasteiger charge is 2.24. The maximum absolute atomic E-state index is 13.1. The van der Waals surface area contributed by atoms with Crippen molar-refractivity contribution in [2.45, 2.75) is 58.0 Å². The zero-order valence-corrected chi connectivity index (χ0v) is 19.7. The molecular weight excluding hydrogens is 420 g/mol. The monoisotopic (exact) mass is 452 g/mol. The van der Waals surface area contributed by atoms with Gasteiger partial charge < -0.3 is 16.4 Å². The van der Waals surface area contributed by atoms with Crippen molar-refractivity contribution in [2.24, 2.45) is 5.73 Å². The molecule has 2 aromatic carbocycles. The minimum atomic E-state index is -0.697. The van der Waals surface area contributed by atoms with Crippen LogP contribution < -0.4 is 16.4 Å². The molecule has 0 radical (unpaired) electrons. The number of nitrogens with zero attached hydrogens (tertiary/aromatic N) is 1. The second-order valence-corrected chi connectivity index (χ2v) is 9.41. The normalized spacial score (nSPS) is 13.2. The summed E-state index contributed by atoms with van der Waals surface area (Å²) in [5.74, 6) is 0.0335. The molecule has 0 bridgehead atoms. The van der Waals surface area contributed by atoms with Gasteiger partial charge in [-0.1, -0.05) is 57.2 Å². The Bertz CT molecular complexity index is 1050. The highest BCUT2D eigenvalue weighted by Crippen LogP contribution is 2.27. The highest BCUT2D eigenvalue weighted by molar-refractivity contribution is 7.18. The topological polar surface area (TPSA) is 97.1 Å². The maximum Gasteiger partial charge on any atom is 0.243 e. The summed E-state index contributed by atoms with van der Waals surface area (Å²) in [6.07, 6.45) is 1.29. The number of carbonyl (C=O) groups is 2. The summed E-state index contributed by atoms with van der Waals surface area (Å²) in [4.78, 5) is 29.9. The number of carbonyl (C=O) groups excluding carboxylic acids is 2. The number of fused-ring (bicyclic) bond motifs is 1. The van der Waals surface area contributed by atoms with Crippen LogP contribution in [0.25, 0.3) is 10.2 Å². The minimum absolute atomic E-state index is 0.166. The fraction of sp³-hybridized carbons (Fsp3) is 0.400. The Morgan fingerprint density at radius 2 is 1.81 bits per heavy atom. The van der Waals surface area contributed by atoms with Crippen LogP contribution in [0.3, 0.4) is 0 Å². The second-order valence-electron chi connectivity index (χ2n) is 8.30. The summed E-state index contributed by atoms with van der Waals surface area (Å²) in [6.45, 7) is 6.40. The van der Waals surface area contributed by atoms with Crippen LogP contribution in [0.4, 0.5) is 0 Å². The van der Waals surface area contributed by atoms with Gasteiger partial charge in [0, 0.05) is 25.4 Å². The SMILES string of the molecule is CCC(=O)NC(Cc1nc2ccc(C(C)C)cc2s1)C(=O)NC(CN)Cc1ccccc1. The Morgan fingerprint density at radius 1 is 1.06 bits per heavy atom. The van der Waals surface area contributed by atoms with Crippen molar-refractivity contribution in [1.29, 1.82) is 0 Å². The van der Waals surface area contributed by atoms with Crippen LogP contribution in [0.15, 0.2) is 48.5 Å². The molecule has 0 saturated carbocycles. The Labute approximate surface area is 193 Å². The maximum atomic E-state index is 13.1. The van der Waals surface area contributed by atoms with Crippen molar-refractivity contribution in [3.05, 3.63) is 64.7 Å². The molecule has 3 rings (SSSR count). The van der Waals surface area contributed by atoms with E-state index in [1.165, 1.54) is 5.56 Å². The molecular formula is C25H32N4O2S. The zero-order chi connectivity index (χ0) is 23.1. The largest absolute Gasteiger partial charge is 0.350 e. The van der Waals surface area contributed by atoms with Gasteiger partial charge in [-0.05, 0) is 35.6 Å². The van der Waals surface area contributed by atoms with Gasteiger partial charge in [-0.2, -0.15) is 0 Å². The third-order valence-corrected chi connectivity index (χ3v) is 6.47. The Morgan fingerprint density at radius 3 is 2.47 bits per heavy atom. The lowest BCUT2D eigenvalue weighted by Gasteiger charge is -2.22. The number of benzene rings is 2. The molecule has 2 amide bonds. The average molecular weight is 453 g/mol. The molecule has 0 aliphatic heterocycles. The van der Waals surface area contributed by atoms with Gasteiger partial charge in [0.2, 0.25) is 11.8 Å². The van der Waals surface area contributed by atoms with Gasteiger partial charge in [-0.25, -0.2) is 4.98 Å². The Kier molecular flexibility index (Phi) is 8.36. The molecule has 6 nitrogen and oxygen atoms in total.